The number of aryl methyl sites for hydroxylation is 1. The van der Waals surface area contributed by atoms with Crippen molar-refractivity contribution < 1.29 is 9.53 Å². The molecule has 7 heteroatoms. The van der Waals surface area contributed by atoms with E-state index in [9.17, 15) is 4.79 Å². The Hall–Kier alpha value is -1.89. The Balaban J connectivity index is 1.66. The molecule has 1 aliphatic heterocycles. The predicted octanol–water partition coefficient (Wildman–Crippen LogP) is 1.91. The summed E-state index contributed by atoms with van der Waals surface area (Å²) in [6.45, 7) is 1.49. The third-order valence-corrected chi connectivity index (χ3v) is 4.82. The van der Waals surface area contributed by atoms with E-state index in [1.165, 1.54) is 11.3 Å². The average molecular weight is 306 g/mol. The van der Waals surface area contributed by atoms with Gasteiger partial charge in [-0.3, -0.25) is 4.79 Å². The summed E-state index contributed by atoms with van der Waals surface area (Å²) in [5.74, 6) is 2.13. The van der Waals surface area contributed by atoms with Crippen molar-refractivity contribution in [1.29, 1.82) is 0 Å². The summed E-state index contributed by atoms with van der Waals surface area (Å²) in [6.07, 6.45) is 3.57. The van der Waals surface area contributed by atoms with E-state index in [4.69, 9.17) is 4.74 Å². The van der Waals surface area contributed by atoms with Crippen molar-refractivity contribution in [2.24, 2.45) is 7.05 Å². The molecule has 1 fully saturated rings. The number of carbonyl (C=O) groups excluding carboxylic acids is 1. The van der Waals surface area contributed by atoms with Crippen LogP contribution in [0, 0.1) is 0 Å². The van der Waals surface area contributed by atoms with Gasteiger partial charge in [0, 0.05) is 26.1 Å². The number of carbonyl (C=O) groups is 1. The molecular formula is C14H18N4O2S. The second kappa shape index (κ2) is 5.85. The molecule has 0 spiro atoms. The van der Waals surface area contributed by atoms with Crippen LogP contribution in [0.1, 0.15) is 34.3 Å². The number of aromatic nitrogens is 3. The number of ether oxygens (including phenoxy) is 1. The number of piperidine rings is 1. The molecule has 0 N–H and O–H groups in total. The summed E-state index contributed by atoms with van der Waals surface area (Å²) >= 11 is 1.43. The molecule has 0 aliphatic carbocycles. The average Bonchev–Trinajstić information content (AvgIpc) is 3.15. The number of amides is 1. The molecule has 3 rings (SSSR count). The maximum atomic E-state index is 12.5. The number of hydrogen-bond acceptors (Lipinski definition) is 5. The van der Waals surface area contributed by atoms with Crippen molar-refractivity contribution in [3.05, 3.63) is 28.5 Å². The first-order valence-corrected chi connectivity index (χ1v) is 7.83. The maximum Gasteiger partial charge on any atom is 0.267 e. The topological polar surface area (TPSA) is 60.2 Å². The monoisotopic (exact) mass is 306 g/mol. The normalized spacial score (nSPS) is 16.2. The predicted molar refractivity (Wildman–Crippen MR) is 79.8 cm³/mol. The van der Waals surface area contributed by atoms with E-state index in [-0.39, 0.29) is 5.91 Å². The Kier molecular flexibility index (Phi) is 3.92. The summed E-state index contributed by atoms with van der Waals surface area (Å²) in [4.78, 5) is 15.1. The molecule has 1 saturated heterocycles. The minimum Gasteiger partial charge on any atom is -0.495 e. The van der Waals surface area contributed by atoms with Gasteiger partial charge in [-0.25, -0.2) is 0 Å². The largest absolute Gasteiger partial charge is 0.495 e. The van der Waals surface area contributed by atoms with E-state index in [1.807, 2.05) is 28.0 Å². The SMILES string of the molecule is COc1ccsc1C(=O)N1CCC(c2nncn2C)CC1. The molecule has 0 saturated carbocycles. The van der Waals surface area contributed by atoms with Gasteiger partial charge in [-0.05, 0) is 24.3 Å². The van der Waals surface area contributed by atoms with Gasteiger partial charge >= 0.3 is 0 Å². The van der Waals surface area contributed by atoms with Crippen molar-refractivity contribution in [3.8, 4) is 5.75 Å². The molecule has 0 aromatic carbocycles. The van der Waals surface area contributed by atoms with Crippen molar-refractivity contribution in [3.63, 3.8) is 0 Å². The summed E-state index contributed by atoms with van der Waals surface area (Å²) in [6, 6.07) is 1.84. The first-order valence-electron chi connectivity index (χ1n) is 6.95. The molecule has 21 heavy (non-hydrogen) atoms. The fourth-order valence-corrected chi connectivity index (χ4v) is 3.59. The van der Waals surface area contributed by atoms with Gasteiger partial charge in [-0.2, -0.15) is 0 Å². The Morgan fingerprint density at radius 2 is 2.19 bits per heavy atom. The van der Waals surface area contributed by atoms with Gasteiger partial charge in [-0.1, -0.05) is 0 Å². The zero-order chi connectivity index (χ0) is 14.8. The lowest BCUT2D eigenvalue weighted by Gasteiger charge is -2.31. The third kappa shape index (κ3) is 2.65. The smallest absolute Gasteiger partial charge is 0.267 e. The van der Waals surface area contributed by atoms with E-state index < -0.39 is 0 Å². The molecule has 1 aliphatic rings. The molecule has 0 bridgehead atoms. The van der Waals surface area contributed by atoms with Gasteiger partial charge in [0.2, 0.25) is 0 Å². The summed E-state index contributed by atoms with van der Waals surface area (Å²) < 4.78 is 7.20. The minimum atomic E-state index is 0.0678. The lowest BCUT2D eigenvalue weighted by molar-refractivity contribution is 0.0712. The number of thiophene rings is 1. The number of likely N-dealkylation sites (tertiary alicyclic amines) is 1. The van der Waals surface area contributed by atoms with Gasteiger partial charge in [0.15, 0.2) is 0 Å². The van der Waals surface area contributed by atoms with E-state index in [0.717, 1.165) is 31.8 Å². The summed E-state index contributed by atoms with van der Waals surface area (Å²) in [5.41, 5.74) is 0. The van der Waals surface area contributed by atoms with Crippen LogP contribution >= 0.6 is 11.3 Å². The van der Waals surface area contributed by atoms with Crippen LogP contribution in [-0.4, -0.2) is 45.8 Å². The fraction of sp³-hybridized carbons (Fsp3) is 0.500. The van der Waals surface area contributed by atoms with Gasteiger partial charge < -0.3 is 14.2 Å². The molecule has 0 unspecified atom stereocenters. The second-order valence-corrected chi connectivity index (χ2v) is 6.10. The van der Waals surface area contributed by atoms with Gasteiger partial charge in [-0.15, -0.1) is 21.5 Å². The van der Waals surface area contributed by atoms with Gasteiger partial charge in [0.25, 0.3) is 5.91 Å². The van der Waals surface area contributed by atoms with Crippen molar-refractivity contribution in [2.75, 3.05) is 20.2 Å². The van der Waals surface area contributed by atoms with E-state index in [0.29, 0.717) is 16.5 Å². The highest BCUT2D eigenvalue weighted by molar-refractivity contribution is 7.12. The zero-order valence-corrected chi connectivity index (χ0v) is 13.0. The Bertz CT molecular complexity index is 628. The Labute approximate surface area is 127 Å². The van der Waals surface area contributed by atoms with Crippen LogP contribution in [0.3, 0.4) is 0 Å². The van der Waals surface area contributed by atoms with Gasteiger partial charge in [0.05, 0.1) is 7.11 Å². The van der Waals surface area contributed by atoms with E-state index in [2.05, 4.69) is 10.2 Å². The first-order chi connectivity index (χ1) is 10.2. The van der Waals surface area contributed by atoms with Crippen LogP contribution in [-0.2, 0) is 7.05 Å². The molecular weight excluding hydrogens is 288 g/mol. The minimum absolute atomic E-state index is 0.0678. The van der Waals surface area contributed by atoms with E-state index in [1.54, 1.807) is 13.4 Å². The van der Waals surface area contributed by atoms with Crippen LogP contribution in [0.2, 0.25) is 0 Å². The van der Waals surface area contributed by atoms with Crippen LogP contribution in [0.4, 0.5) is 0 Å². The number of methoxy groups -OCH3 is 1. The maximum absolute atomic E-state index is 12.5. The molecule has 2 aromatic rings. The zero-order valence-electron chi connectivity index (χ0n) is 12.2. The van der Waals surface area contributed by atoms with Crippen LogP contribution in [0.5, 0.6) is 5.75 Å². The number of nitrogens with zero attached hydrogens (tertiary/aromatic N) is 4. The molecule has 0 radical (unpaired) electrons. The highest BCUT2D eigenvalue weighted by Crippen LogP contribution is 2.30. The highest BCUT2D eigenvalue weighted by Gasteiger charge is 2.28. The number of rotatable bonds is 3. The first kappa shape index (κ1) is 14.1. The van der Waals surface area contributed by atoms with Crippen LogP contribution in [0.25, 0.3) is 0 Å². The van der Waals surface area contributed by atoms with Crippen LogP contribution in [0.15, 0.2) is 17.8 Å². The lowest BCUT2D eigenvalue weighted by Crippen LogP contribution is -2.38. The standard InChI is InChI=1S/C14H18N4O2S/c1-17-9-15-16-13(17)10-3-6-18(7-4-10)14(19)12-11(20-2)5-8-21-12/h5,8-10H,3-4,6-7H2,1-2H3. The van der Waals surface area contributed by atoms with E-state index >= 15 is 0 Å². The quantitative estimate of drug-likeness (QED) is 0.869. The molecule has 6 nitrogen and oxygen atoms in total. The molecule has 1 amide bonds. The lowest BCUT2D eigenvalue weighted by atomic mass is 9.96. The second-order valence-electron chi connectivity index (χ2n) is 5.18. The summed E-state index contributed by atoms with van der Waals surface area (Å²) in [5, 5.41) is 10.00. The Morgan fingerprint density at radius 3 is 2.81 bits per heavy atom. The van der Waals surface area contributed by atoms with Crippen molar-refractivity contribution in [1.82, 2.24) is 19.7 Å². The Morgan fingerprint density at radius 1 is 1.43 bits per heavy atom. The molecule has 2 aromatic heterocycles. The van der Waals surface area contributed by atoms with Gasteiger partial charge in [0.1, 0.15) is 22.8 Å². The number of hydrogen-bond donors (Lipinski definition) is 0. The van der Waals surface area contributed by atoms with Crippen molar-refractivity contribution in [2.45, 2.75) is 18.8 Å². The molecule has 0 atom stereocenters. The van der Waals surface area contributed by atoms with Crippen LogP contribution < -0.4 is 4.74 Å². The summed E-state index contributed by atoms with van der Waals surface area (Å²) in [7, 11) is 3.56. The third-order valence-electron chi connectivity index (χ3n) is 3.94. The molecule has 3 heterocycles. The fourth-order valence-electron chi connectivity index (χ4n) is 2.76. The molecule has 112 valence electrons. The highest BCUT2D eigenvalue weighted by atomic mass is 32.1. The van der Waals surface area contributed by atoms with Crippen molar-refractivity contribution >= 4 is 17.2 Å².